The summed E-state index contributed by atoms with van der Waals surface area (Å²) in [6.45, 7) is 0.468. The second-order valence-corrected chi connectivity index (χ2v) is 9.13. The fourth-order valence-corrected chi connectivity index (χ4v) is 4.91. The van der Waals surface area contributed by atoms with Gasteiger partial charge < -0.3 is 14.2 Å². The van der Waals surface area contributed by atoms with Crippen molar-refractivity contribution in [2.75, 3.05) is 6.79 Å². The summed E-state index contributed by atoms with van der Waals surface area (Å²) in [5, 5.41) is 10.8. The summed E-state index contributed by atoms with van der Waals surface area (Å²) in [4.78, 5) is 0. The number of ether oxygens (including phenoxy) is 3. The Kier molecular flexibility index (Phi) is 6.78. The minimum atomic E-state index is 0.187. The van der Waals surface area contributed by atoms with Crippen LogP contribution in [0.4, 0.5) is 0 Å². The lowest BCUT2D eigenvalue weighted by molar-refractivity contribution is 0.174. The van der Waals surface area contributed by atoms with Crippen LogP contribution in [0.1, 0.15) is 16.7 Å². The minimum absolute atomic E-state index is 0.187. The van der Waals surface area contributed by atoms with Gasteiger partial charge in [0, 0.05) is 15.6 Å². The third-order valence-electron chi connectivity index (χ3n) is 4.52. The molecule has 4 rings (SSSR count). The first-order valence-corrected chi connectivity index (χ1v) is 11.4. The van der Waals surface area contributed by atoms with E-state index in [2.05, 4.69) is 37.9 Å². The first-order valence-electron chi connectivity index (χ1n) is 9.02. The number of benzene rings is 3. The molecule has 156 valence electrons. The molecule has 8 heteroatoms. The zero-order valence-electron chi connectivity index (χ0n) is 15.8. The molecule has 1 aliphatic heterocycles. The second kappa shape index (κ2) is 9.54. The predicted molar refractivity (Wildman–Crippen MR) is 129 cm³/mol. The Hall–Kier alpha value is -2.17. The molecular formula is C23H13Br2Cl2NO3. The van der Waals surface area contributed by atoms with Crippen molar-refractivity contribution < 1.29 is 14.2 Å². The maximum absolute atomic E-state index is 9.68. The van der Waals surface area contributed by atoms with Gasteiger partial charge >= 0.3 is 0 Å². The molecule has 0 atom stereocenters. The molecule has 0 amide bonds. The van der Waals surface area contributed by atoms with Gasteiger partial charge in [-0.25, -0.2) is 0 Å². The summed E-state index contributed by atoms with van der Waals surface area (Å²) in [6.07, 6.45) is 1.80. The van der Waals surface area contributed by atoms with Gasteiger partial charge in [-0.1, -0.05) is 29.3 Å². The van der Waals surface area contributed by atoms with Gasteiger partial charge in [0.25, 0.3) is 0 Å². The topological polar surface area (TPSA) is 51.5 Å². The van der Waals surface area contributed by atoms with Gasteiger partial charge in [0.15, 0.2) is 11.5 Å². The molecule has 0 N–H and O–H groups in total. The lowest BCUT2D eigenvalue weighted by Gasteiger charge is -2.13. The average Bonchev–Trinajstić information content (AvgIpc) is 3.20. The molecule has 1 aliphatic rings. The number of halogens is 4. The van der Waals surface area contributed by atoms with Gasteiger partial charge in [0.2, 0.25) is 6.79 Å². The molecule has 0 aromatic heterocycles. The Morgan fingerprint density at radius 3 is 2.48 bits per heavy atom. The zero-order valence-corrected chi connectivity index (χ0v) is 20.5. The Labute approximate surface area is 206 Å². The van der Waals surface area contributed by atoms with Crippen molar-refractivity contribution in [2.45, 2.75) is 6.61 Å². The first kappa shape index (κ1) is 22.0. The van der Waals surface area contributed by atoms with Crippen LogP contribution >= 0.6 is 55.1 Å². The lowest BCUT2D eigenvalue weighted by atomic mass is 10.0. The summed E-state index contributed by atoms with van der Waals surface area (Å²) >= 11 is 19.3. The Bertz CT molecular complexity index is 1210. The summed E-state index contributed by atoms with van der Waals surface area (Å²) < 4.78 is 18.2. The summed E-state index contributed by atoms with van der Waals surface area (Å²) in [5.74, 6) is 1.93. The van der Waals surface area contributed by atoms with Crippen molar-refractivity contribution >= 4 is 66.7 Å². The van der Waals surface area contributed by atoms with E-state index >= 15 is 0 Å². The molecule has 31 heavy (non-hydrogen) atoms. The van der Waals surface area contributed by atoms with Gasteiger partial charge in [-0.3, -0.25) is 0 Å². The van der Waals surface area contributed by atoms with Crippen molar-refractivity contribution in [2.24, 2.45) is 0 Å². The van der Waals surface area contributed by atoms with Crippen molar-refractivity contribution in [3.63, 3.8) is 0 Å². The number of hydrogen-bond donors (Lipinski definition) is 0. The van der Waals surface area contributed by atoms with Gasteiger partial charge in [-0.15, -0.1) is 0 Å². The third kappa shape index (κ3) is 5.02. The largest absolute Gasteiger partial charge is 0.486 e. The highest BCUT2D eigenvalue weighted by Gasteiger charge is 2.15. The Morgan fingerprint density at radius 1 is 1.03 bits per heavy atom. The maximum atomic E-state index is 9.68. The SMILES string of the molecule is N#C/C(=C/c1cc(Br)c(OCc2ccc(Cl)cc2Cl)c(Br)c1)c1ccc2c(c1)OCO2. The van der Waals surface area contributed by atoms with Crippen LogP contribution in [0.15, 0.2) is 57.5 Å². The van der Waals surface area contributed by atoms with Crippen LogP contribution in [-0.4, -0.2) is 6.79 Å². The highest BCUT2D eigenvalue weighted by atomic mass is 79.9. The van der Waals surface area contributed by atoms with Crippen LogP contribution in [0.5, 0.6) is 17.2 Å². The summed E-state index contributed by atoms with van der Waals surface area (Å²) in [6, 6.07) is 16.7. The molecule has 0 radical (unpaired) electrons. The minimum Gasteiger partial charge on any atom is -0.486 e. The standard InChI is InChI=1S/C23H13Br2Cl2NO3/c24-18-6-13(5-16(10-28)14-2-4-21-22(8-14)31-12-30-21)7-19(25)23(18)29-11-15-1-3-17(26)9-20(15)27/h1-9H,11-12H2/b16-5-. The van der Waals surface area contributed by atoms with Crippen molar-refractivity contribution in [3.05, 3.63) is 84.2 Å². The van der Waals surface area contributed by atoms with E-state index in [0.717, 1.165) is 25.6 Å². The van der Waals surface area contributed by atoms with E-state index in [0.29, 0.717) is 32.9 Å². The van der Waals surface area contributed by atoms with Crippen LogP contribution in [0, 0.1) is 11.3 Å². The van der Waals surface area contributed by atoms with Crippen LogP contribution in [-0.2, 0) is 6.61 Å². The molecule has 1 heterocycles. The number of fused-ring (bicyclic) bond motifs is 1. The van der Waals surface area contributed by atoms with Crippen molar-refractivity contribution in [1.29, 1.82) is 5.26 Å². The molecule has 3 aromatic carbocycles. The van der Waals surface area contributed by atoms with Crippen molar-refractivity contribution in [3.8, 4) is 23.3 Å². The normalized spacial score (nSPS) is 12.5. The average molecular weight is 582 g/mol. The van der Waals surface area contributed by atoms with Gasteiger partial charge in [-0.05, 0) is 91.5 Å². The molecule has 0 unspecified atom stereocenters. The monoisotopic (exact) mass is 579 g/mol. The fraction of sp³-hybridized carbons (Fsp3) is 0.0870. The molecule has 3 aromatic rings. The molecule has 0 aliphatic carbocycles. The zero-order chi connectivity index (χ0) is 22.0. The molecule has 0 saturated heterocycles. The Morgan fingerprint density at radius 2 is 1.77 bits per heavy atom. The lowest BCUT2D eigenvalue weighted by Crippen LogP contribution is -1.98. The fourth-order valence-electron chi connectivity index (χ4n) is 3.00. The van der Waals surface area contributed by atoms with E-state index in [9.17, 15) is 5.26 Å². The van der Waals surface area contributed by atoms with Crippen molar-refractivity contribution in [1.82, 2.24) is 0 Å². The third-order valence-corrected chi connectivity index (χ3v) is 6.29. The summed E-state index contributed by atoms with van der Waals surface area (Å²) in [7, 11) is 0. The van der Waals surface area contributed by atoms with Crippen LogP contribution < -0.4 is 14.2 Å². The highest BCUT2D eigenvalue weighted by molar-refractivity contribution is 9.11. The van der Waals surface area contributed by atoms with Gasteiger partial charge in [-0.2, -0.15) is 5.26 Å². The molecule has 0 saturated carbocycles. The molecule has 4 nitrogen and oxygen atoms in total. The van der Waals surface area contributed by atoms with E-state index < -0.39 is 0 Å². The first-order chi connectivity index (χ1) is 14.9. The maximum Gasteiger partial charge on any atom is 0.231 e. The quantitative estimate of drug-likeness (QED) is 0.227. The van der Waals surface area contributed by atoms with Crippen LogP contribution in [0.3, 0.4) is 0 Å². The van der Waals surface area contributed by atoms with Gasteiger partial charge in [0.1, 0.15) is 12.4 Å². The molecular weight excluding hydrogens is 569 g/mol. The Balaban J connectivity index is 1.58. The second-order valence-electron chi connectivity index (χ2n) is 6.58. The summed E-state index contributed by atoms with van der Waals surface area (Å²) in [5.41, 5.74) is 2.89. The number of nitrogens with zero attached hydrogens (tertiary/aromatic N) is 1. The predicted octanol–water partition coefficient (Wildman–Crippen LogP) is 7.89. The van der Waals surface area contributed by atoms with E-state index in [1.54, 1.807) is 30.3 Å². The number of nitriles is 1. The smallest absolute Gasteiger partial charge is 0.231 e. The molecule has 0 bridgehead atoms. The van der Waals surface area contributed by atoms with E-state index in [-0.39, 0.29) is 13.4 Å². The van der Waals surface area contributed by atoms with E-state index in [4.69, 9.17) is 37.4 Å². The molecule has 0 spiro atoms. The number of rotatable bonds is 5. The van der Waals surface area contributed by atoms with E-state index in [1.807, 2.05) is 24.3 Å². The van der Waals surface area contributed by atoms with E-state index in [1.165, 1.54) is 0 Å². The number of allylic oxidation sites excluding steroid dienone is 1. The highest BCUT2D eigenvalue weighted by Crippen LogP contribution is 2.38. The van der Waals surface area contributed by atoms with Gasteiger partial charge in [0.05, 0.1) is 20.6 Å². The number of hydrogen-bond acceptors (Lipinski definition) is 4. The molecule has 0 fully saturated rings. The van der Waals surface area contributed by atoms with Crippen LogP contribution in [0.25, 0.3) is 11.6 Å². The van der Waals surface area contributed by atoms with Crippen LogP contribution in [0.2, 0.25) is 10.0 Å².